The fraction of sp³-hybridized carbons (Fsp3) is 0. The summed E-state index contributed by atoms with van der Waals surface area (Å²) < 4.78 is 0. The smallest absolute Gasteiger partial charge is 0.870 e. The van der Waals surface area contributed by atoms with E-state index in [1.165, 1.54) is 0 Å². The van der Waals surface area contributed by atoms with Crippen molar-refractivity contribution in [2.45, 2.75) is 0 Å². The van der Waals surface area contributed by atoms with Crippen LogP contribution < -0.4 is 0 Å². The first-order valence-corrected chi connectivity index (χ1v) is 0.548. The Morgan fingerprint density at radius 1 is 1.33 bits per heavy atom. The summed E-state index contributed by atoms with van der Waals surface area (Å²) in [7, 11) is 0. The predicted octanol–water partition coefficient (Wildman–Crippen LogP) is -0.418. The normalized spacial score (nSPS) is 4.00. The molecule has 5 nitrogen and oxygen atoms in total. The van der Waals surface area contributed by atoms with Gasteiger partial charge in [0.25, 0.3) is 0 Å². The van der Waals surface area contributed by atoms with E-state index >= 15 is 0 Å². The Bertz CT molecular complexity index is 30.5. The third-order valence-corrected chi connectivity index (χ3v) is 0. The van der Waals surface area contributed by atoms with Gasteiger partial charge in [-0.3, -0.25) is 0 Å². The van der Waals surface area contributed by atoms with Crippen LogP contribution in [0, 0.1) is 15.3 Å². The van der Waals surface area contributed by atoms with E-state index in [2.05, 4.69) is 0 Å². The van der Waals surface area contributed by atoms with Crippen LogP contribution in [0.1, 0.15) is 0 Å². The maximum Gasteiger partial charge on any atom is 2.00 e. The van der Waals surface area contributed by atoms with E-state index in [1.807, 2.05) is 0 Å². The van der Waals surface area contributed by atoms with Gasteiger partial charge in [-0.25, -0.2) is 0 Å². The molecule has 0 amide bonds. The van der Waals surface area contributed by atoms with Crippen molar-refractivity contribution in [1.82, 2.24) is 0 Å². The van der Waals surface area contributed by atoms with Crippen LogP contribution in [0.15, 0.2) is 0 Å². The third kappa shape index (κ3) is 234. The van der Waals surface area contributed by atoms with Crippen molar-refractivity contribution in [3.05, 3.63) is 15.3 Å². The van der Waals surface area contributed by atoms with Crippen LogP contribution in [-0.4, -0.2) is 10.6 Å². The van der Waals surface area contributed by atoms with Gasteiger partial charge in [-0.15, -0.1) is 0 Å². The van der Waals surface area contributed by atoms with Crippen molar-refractivity contribution in [3.63, 3.8) is 0 Å². The molecule has 6 heteroatoms. The van der Waals surface area contributed by atoms with Gasteiger partial charge in [0.15, 0.2) is 0 Å². The quantitative estimate of drug-likeness (QED) is 0.335. The number of hydrogen-bond acceptors (Lipinski definition) is 4. The first kappa shape index (κ1) is 17.4. The fourth-order valence-electron chi connectivity index (χ4n) is 0. The van der Waals surface area contributed by atoms with Crippen molar-refractivity contribution in [1.29, 1.82) is 0 Å². The third-order valence-electron chi connectivity index (χ3n) is 0. The van der Waals surface area contributed by atoms with Crippen LogP contribution in [0.5, 0.6) is 0 Å². The Kier molecular flexibility index (Phi) is 25.5. The summed E-state index contributed by atoms with van der Waals surface area (Å²) in [5.41, 5.74) is 0. The molecule has 0 rings (SSSR count). The molecule has 6 heavy (non-hydrogen) atoms. The maximum atomic E-state index is 8.25. The molecule has 0 fully saturated rings. The maximum absolute atomic E-state index is 8.25. The van der Waals surface area contributed by atoms with Gasteiger partial charge >= 0.3 is 16.8 Å². The standard InChI is InChI=1S/Co.NO3.H2O/c;2-1(3)4;/h;;1H2/q+2;-1;/p-1. The molecule has 0 atom stereocenters. The van der Waals surface area contributed by atoms with Crippen molar-refractivity contribution in [3.8, 4) is 0 Å². The van der Waals surface area contributed by atoms with E-state index in [1.54, 1.807) is 0 Å². The van der Waals surface area contributed by atoms with E-state index in [0.717, 1.165) is 0 Å². The minimum Gasteiger partial charge on any atom is -0.870 e. The van der Waals surface area contributed by atoms with Crippen molar-refractivity contribution >= 4 is 0 Å². The molecule has 0 heterocycles. The first-order valence-electron chi connectivity index (χ1n) is 0.548. The summed E-state index contributed by atoms with van der Waals surface area (Å²) >= 11 is 0. The second-order valence-corrected chi connectivity index (χ2v) is 0.224. The molecule has 0 saturated heterocycles. The molecule has 0 aliphatic rings. The second kappa shape index (κ2) is 8.82. The Morgan fingerprint density at radius 2 is 1.33 bits per heavy atom. The van der Waals surface area contributed by atoms with Gasteiger partial charge in [0, 0.05) is 0 Å². The van der Waals surface area contributed by atoms with Gasteiger partial charge < -0.3 is 20.8 Å². The van der Waals surface area contributed by atoms with Crippen molar-refractivity contribution in [2.75, 3.05) is 0 Å². The monoisotopic (exact) mass is 138 g/mol. The summed E-state index contributed by atoms with van der Waals surface area (Å²) in [5, 5.41) is 14.8. The molecule has 0 spiro atoms. The molecule has 0 saturated carbocycles. The van der Waals surface area contributed by atoms with Gasteiger partial charge in [-0.2, -0.15) is 0 Å². The summed E-state index contributed by atoms with van der Waals surface area (Å²) in [6.07, 6.45) is 0. The minimum absolute atomic E-state index is 0. The summed E-state index contributed by atoms with van der Waals surface area (Å²) in [4.78, 5) is 8.25. The van der Waals surface area contributed by atoms with Gasteiger partial charge in [0.2, 0.25) is 0 Å². The molecule has 0 aromatic rings. The molecule has 39 valence electrons. The van der Waals surface area contributed by atoms with Crippen LogP contribution in [0.2, 0.25) is 0 Å². The molecular weight excluding hydrogens is 137 g/mol. The summed E-state index contributed by atoms with van der Waals surface area (Å²) in [6.45, 7) is 0. The zero-order valence-electron chi connectivity index (χ0n) is 2.45. The van der Waals surface area contributed by atoms with E-state index in [4.69, 9.17) is 15.3 Å². The topological polar surface area (TPSA) is 96.2 Å². The van der Waals surface area contributed by atoms with E-state index < -0.39 is 5.09 Å². The Hall–Kier alpha value is -0.334. The van der Waals surface area contributed by atoms with Gasteiger partial charge in [0.05, 0.1) is 5.09 Å². The number of nitrogens with zero attached hydrogens (tertiary/aromatic N) is 1. The van der Waals surface area contributed by atoms with Crippen LogP contribution in [0.25, 0.3) is 0 Å². The first-order chi connectivity index (χ1) is 1.73. The summed E-state index contributed by atoms with van der Waals surface area (Å²) in [6, 6.07) is 0. The predicted molar refractivity (Wildman–Crippen MR) is 12.3 cm³/mol. The SMILES string of the molecule is O=[N+]([O-])[O-].[Co+2].[OH-]. The molecule has 0 aromatic heterocycles. The van der Waals surface area contributed by atoms with Gasteiger partial charge in [-0.05, 0) is 0 Å². The molecule has 1 N–H and O–H groups in total. The van der Waals surface area contributed by atoms with E-state index in [-0.39, 0.29) is 22.3 Å². The molecule has 0 aliphatic heterocycles. The molecule has 0 aromatic carbocycles. The minimum atomic E-state index is -1.75. The van der Waals surface area contributed by atoms with E-state index in [9.17, 15) is 0 Å². The number of rotatable bonds is 0. The van der Waals surface area contributed by atoms with E-state index in [0.29, 0.717) is 0 Å². The Labute approximate surface area is 43.6 Å². The average molecular weight is 138 g/mol. The molecule has 0 unspecified atom stereocenters. The van der Waals surface area contributed by atoms with Crippen LogP contribution in [-0.2, 0) is 16.8 Å². The molecule has 0 bridgehead atoms. The van der Waals surface area contributed by atoms with Gasteiger partial charge in [-0.1, -0.05) is 0 Å². The zero-order chi connectivity index (χ0) is 3.58. The summed E-state index contributed by atoms with van der Waals surface area (Å²) in [5.74, 6) is 0. The van der Waals surface area contributed by atoms with Crippen LogP contribution in [0.3, 0.4) is 0 Å². The average Bonchev–Trinajstić information content (AvgIpc) is 0.811. The second-order valence-electron chi connectivity index (χ2n) is 0.224. The Morgan fingerprint density at radius 3 is 1.33 bits per heavy atom. The molecule has 1 radical (unpaired) electrons. The van der Waals surface area contributed by atoms with Crippen LogP contribution >= 0.6 is 0 Å². The largest absolute Gasteiger partial charge is 2.00 e. The Balaban J connectivity index is -0.0000000450. The van der Waals surface area contributed by atoms with Crippen molar-refractivity contribution < 1.29 is 27.3 Å². The van der Waals surface area contributed by atoms with Crippen LogP contribution in [0.4, 0.5) is 0 Å². The molecule has 0 aliphatic carbocycles. The number of hydrogen-bond donors (Lipinski definition) is 0. The zero-order valence-corrected chi connectivity index (χ0v) is 3.49. The molecular formula is HCoNO4. The fourth-order valence-corrected chi connectivity index (χ4v) is 0. The van der Waals surface area contributed by atoms with Crippen molar-refractivity contribution in [2.24, 2.45) is 0 Å². The van der Waals surface area contributed by atoms with Gasteiger partial charge in [0.1, 0.15) is 0 Å².